The van der Waals surface area contributed by atoms with Gasteiger partial charge in [-0.25, -0.2) is 13.2 Å². The van der Waals surface area contributed by atoms with Gasteiger partial charge in [0.1, 0.15) is 0 Å². The lowest BCUT2D eigenvalue weighted by atomic mass is 10.1. The molecule has 0 bridgehead atoms. The van der Waals surface area contributed by atoms with Crippen molar-refractivity contribution < 1.29 is 18.3 Å². The van der Waals surface area contributed by atoms with Crippen LogP contribution in [-0.2, 0) is 15.6 Å². The Morgan fingerprint density at radius 3 is 2.56 bits per heavy atom. The first-order valence-electron chi connectivity index (χ1n) is 6.03. The maximum atomic E-state index is 12.1. The molecule has 0 aliphatic heterocycles. The molecule has 0 unspecified atom stereocenters. The minimum Gasteiger partial charge on any atom is -0.478 e. The number of rotatable bonds is 4. The molecule has 0 spiro atoms. The summed E-state index contributed by atoms with van der Waals surface area (Å²) in [4.78, 5) is 10.8. The highest BCUT2D eigenvalue weighted by atomic mass is 32.2. The molecule has 2 rings (SSSR count). The van der Waals surface area contributed by atoms with Crippen molar-refractivity contribution in [2.24, 2.45) is 0 Å². The van der Waals surface area contributed by atoms with Crippen LogP contribution in [0, 0.1) is 0 Å². The molecular weight excluding hydrogens is 252 g/mol. The number of carbonyl (C=O) groups is 1. The van der Waals surface area contributed by atoms with Crippen molar-refractivity contribution in [3.63, 3.8) is 0 Å². The fraction of sp³-hybridized carbons (Fsp3) is 0.462. The Bertz CT molecular complexity index is 542. The first-order valence-corrected chi connectivity index (χ1v) is 7.74. The number of carboxylic acid groups (broad SMARTS) is 1. The molecule has 0 radical (unpaired) electrons. The van der Waals surface area contributed by atoms with Crippen molar-refractivity contribution >= 4 is 15.8 Å². The Morgan fingerprint density at radius 2 is 1.94 bits per heavy atom. The second-order valence-corrected chi connectivity index (χ2v) is 7.00. The second-order valence-electron chi connectivity index (χ2n) is 4.72. The van der Waals surface area contributed by atoms with E-state index in [4.69, 9.17) is 5.11 Å². The average molecular weight is 268 g/mol. The summed E-state index contributed by atoms with van der Waals surface area (Å²) in [7, 11) is -3.15. The lowest BCUT2D eigenvalue weighted by molar-refractivity contribution is 0.0696. The van der Waals surface area contributed by atoms with Gasteiger partial charge in [0.2, 0.25) is 0 Å². The standard InChI is InChI=1S/C13H16O4S/c14-13(15)11-5-3-4-10(8-11)9-18(16,17)12-6-1-2-7-12/h3-5,8,12H,1-2,6-7,9H2,(H,14,15). The highest BCUT2D eigenvalue weighted by Gasteiger charge is 2.28. The minimum atomic E-state index is -3.15. The van der Waals surface area contributed by atoms with Crippen molar-refractivity contribution in [1.29, 1.82) is 0 Å². The average Bonchev–Trinajstić information content (AvgIpc) is 2.82. The van der Waals surface area contributed by atoms with Crippen LogP contribution in [0.3, 0.4) is 0 Å². The minimum absolute atomic E-state index is 0.0568. The molecule has 4 nitrogen and oxygen atoms in total. The van der Waals surface area contributed by atoms with E-state index in [2.05, 4.69) is 0 Å². The van der Waals surface area contributed by atoms with Crippen molar-refractivity contribution in [3.05, 3.63) is 35.4 Å². The van der Waals surface area contributed by atoms with Crippen molar-refractivity contribution in [3.8, 4) is 0 Å². The van der Waals surface area contributed by atoms with E-state index in [0.717, 1.165) is 25.7 Å². The summed E-state index contributed by atoms with van der Waals surface area (Å²) >= 11 is 0. The quantitative estimate of drug-likeness (QED) is 0.909. The second kappa shape index (κ2) is 5.10. The molecule has 18 heavy (non-hydrogen) atoms. The Kier molecular flexibility index (Phi) is 3.71. The summed E-state index contributed by atoms with van der Waals surface area (Å²) in [6.45, 7) is 0. The molecule has 1 aromatic carbocycles. The van der Waals surface area contributed by atoms with Gasteiger partial charge in [-0.05, 0) is 30.5 Å². The van der Waals surface area contributed by atoms with E-state index >= 15 is 0 Å². The summed E-state index contributed by atoms with van der Waals surface area (Å²) in [5.41, 5.74) is 0.691. The van der Waals surface area contributed by atoms with Crippen LogP contribution in [0.25, 0.3) is 0 Å². The van der Waals surface area contributed by atoms with Crippen LogP contribution < -0.4 is 0 Å². The van der Waals surface area contributed by atoms with Crippen LogP contribution in [0.5, 0.6) is 0 Å². The fourth-order valence-corrected chi connectivity index (χ4v) is 4.32. The summed E-state index contributed by atoms with van der Waals surface area (Å²) in [6, 6.07) is 6.16. The highest BCUT2D eigenvalue weighted by molar-refractivity contribution is 7.91. The third kappa shape index (κ3) is 2.90. The summed E-state index contributed by atoms with van der Waals surface area (Å²) in [5.74, 6) is -1.09. The molecule has 0 atom stereocenters. The molecule has 1 fully saturated rings. The van der Waals surface area contributed by atoms with Gasteiger partial charge in [0.15, 0.2) is 9.84 Å². The van der Waals surface area contributed by atoms with Gasteiger partial charge in [0.25, 0.3) is 0 Å². The van der Waals surface area contributed by atoms with Gasteiger partial charge in [-0.1, -0.05) is 25.0 Å². The number of aromatic carboxylic acids is 1. The molecular formula is C13H16O4S. The predicted octanol–water partition coefficient (Wildman–Crippen LogP) is 2.24. The zero-order valence-electron chi connectivity index (χ0n) is 10.0. The Morgan fingerprint density at radius 1 is 1.28 bits per heavy atom. The molecule has 0 amide bonds. The Labute approximate surface area is 107 Å². The van der Waals surface area contributed by atoms with Crippen molar-refractivity contribution in [1.82, 2.24) is 0 Å². The molecule has 1 aliphatic rings. The SMILES string of the molecule is O=C(O)c1cccc(CS(=O)(=O)C2CCCC2)c1. The molecule has 1 N–H and O–H groups in total. The summed E-state index contributed by atoms with van der Waals surface area (Å²) in [5, 5.41) is 8.63. The van der Waals surface area contributed by atoms with E-state index in [-0.39, 0.29) is 16.6 Å². The van der Waals surface area contributed by atoms with Gasteiger partial charge in [0.05, 0.1) is 16.6 Å². The van der Waals surface area contributed by atoms with Crippen LogP contribution in [-0.4, -0.2) is 24.7 Å². The lowest BCUT2D eigenvalue weighted by Crippen LogP contribution is -2.19. The smallest absolute Gasteiger partial charge is 0.335 e. The van der Waals surface area contributed by atoms with E-state index in [1.807, 2.05) is 0 Å². The third-order valence-corrected chi connectivity index (χ3v) is 5.57. The summed E-state index contributed by atoms with van der Waals surface area (Å²) < 4.78 is 24.3. The molecule has 1 aliphatic carbocycles. The van der Waals surface area contributed by atoms with Gasteiger partial charge < -0.3 is 5.11 Å². The summed E-state index contributed by atoms with van der Waals surface area (Å²) in [6.07, 6.45) is 3.42. The topological polar surface area (TPSA) is 71.4 Å². The molecule has 0 saturated heterocycles. The molecule has 0 aromatic heterocycles. The normalized spacial score (nSPS) is 16.9. The van der Waals surface area contributed by atoms with Crippen LogP contribution in [0.1, 0.15) is 41.6 Å². The Hall–Kier alpha value is -1.36. The van der Waals surface area contributed by atoms with Crippen LogP contribution in [0.15, 0.2) is 24.3 Å². The number of sulfone groups is 1. The first-order chi connectivity index (χ1) is 8.49. The maximum Gasteiger partial charge on any atom is 0.335 e. The van der Waals surface area contributed by atoms with E-state index in [1.165, 1.54) is 12.1 Å². The monoisotopic (exact) mass is 268 g/mol. The van der Waals surface area contributed by atoms with Gasteiger partial charge in [-0.3, -0.25) is 0 Å². The van der Waals surface area contributed by atoms with Crippen molar-refractivity contribution in [2.75, 3.05) is 0 Å². The predicted molar refractivity (Wildman–Crippen MR) is 68.3 cm³/mol. The van der Waals surface area contributed by atoms with Gasteiger partial charge >= 0.3 is 5.97 Å². The van der Waals surface area contributed by atoms with E-state index < -0.39 is 15.8 Å². The maximum absolute atomic E-state index is 12.1. The third-order valence-electron chi connectivity index (χ3n) is 3.35. The van der Waals surface area contributed by atoms with Crippen LogP contribution >= 0.6 is 0 Å². The zero-order chi connectivity index (χ0) is 13.2. The molecule has 5 heteroatoms. The van der Waals surface area contributed by atoms with Gasteiger partial charge in [-0.15, -0.1) is 0 Å². The molecule has 98 valence electrons. The number of hydrogen-bond acceptors (Lipinski definition) is 3. The van der Waals surface area contributed by atoms with Crippen LogP contribution in [0.2, 0.25) is 0 Å². The lowest BCUT2D eigenvalue weighted by Gasteiger charge is -2.11. The zero-order valence-corrected chi connectivity index (χ0v) is 10.8. The molecule has 1 saturated carbocycles. The van der Waals surface area contributed by atoms with Gasteiger partial charge in [0, 0.05) is 0 Å². The molecule has 0 heterocycles. The van der Waals surface area contributed by atoms with E-state index in [1.54, 1.807) is 12.1 Å². The Balaban J connectivity index is 2.18. The van der Waals surface area contributed by atoms with Crippen LogP contribution in [0.4, 0.5) is 0 Å². The fourth-order valence-electron chi connectivity index (χ4n) is 2.39. The van der Waals surface area contributed by atoms with E-state index in [0.29, 0.717) is 5.56 Å². The largest absolute Gasteiger partial charge is 0.478 e. The highest BCUT2D eigenvalue weighted by Crippen LogP contribution is 2.27. The van der Waals surface area contributed by atoms with Gasteiger partial charge in [-0.2, -0.15) is 0 Å². The number of hydrogen-bond donors (Lipinski definition) is 1. The first kappa shape index (κ1) is 13.1. The number of benzene rings is 1. The van der Waals surface area contributed by atoms with E-state index in [9.17, 15) is 13.2 Å². The number of carboxylic acids is 1. The van der Waals surface area contributed by atoms with Crippen molar-refractivity contribution in [2.45, 2.75) is 36.7 Å². The molecule has 1 aromatic rings.